The molecule has 0 aliphatic carbocycles. The number of likely N-dealkylation sites (tertiary alicyclic amines) is 1. The third kappa shape index (κ3) is 4.77. The van der Waals surface area contributed by atoms with E-state index in [9.17, 15) is 14.7 Å². The minimum atomic E-state index is -0.939. The Balaban J connectivity index is 1.97. The fourth-order valence-electron chi connectivity index (χ4n) is 2.38. The zero-order valence-electron chi connectivity index (χ0n) is 13.7. The molecule has 6 nitrogen and oxygen atoms in total. The standard InChI is InChI=1S/C17H23NO5/c1-17(2,3)23-16(21)18-13(14(19)9-15(18)20)11-22-10-12-7-5-4-6-8-12/h4-8,13-14,19H,9-11H2,1-3H3/t13-,14-/m0/s1. The molecular weight excluding hydrogens is 298 g/mol. The maximum absolute atomic E-state index is 12.2. The summed E-state index contributed by atoms with van der Waals surface area (Å²) >= 11 is 0. The Morgan fingerprint density at radius 2 is 1.96 bits per heavy atom. The van der Waals surface area contributed by atoms with Crippen LogP contribution >= 0.6 is 0 Å². The first-order valence-electron chi connectivity index (χ1n) is 7.63. The molecule has 2 rings (SSSR count). The fraction of sp³-hybridized carbons (Fsp3) is 0.529. The number of hydrogen-bond acceptors (Lipinski definition) is 5. The van der Waals surface area contributed by atoms with Gasteiger partial charge in [-0.15, -0.1) is 0 Å². The molecule has 1 aromatic carbocycles. The Morgan fingerprint density at radius 3 is 2.57 bits per heavy atom. The quantitative estimate of drug-likeness (QED) is 0.919. The highest BCUT2D eigenvalue weighted by atomic mass is 16.6. The van der Waals surface area contributed by atoms with Gasteiger partial charge in [0.25, 0.3) is 0 Å². The number of carbonyl (C=O) groups is 2. The third-order valence-electron chi connectivity index (χ3n) is 3.42. The summed E-state index contributed by atoms with van der Waals surface area (Å²) in [6, 6.07) is 8.83. The molecule has 6 heteroatoms. The van der Waals surface area contributed by atoms with Crippen LogP contribution in [0.25, 0.3) is 0 Å². The van der Waals surface area contributed by atoms with Crippen molar-refractivity contribution in [1.82, 2.24) is 4.90 Å². The lowest BCUT2D eigenvalue weighted by Gasteiger charge is -2.28. The molecule has 1 aliphatic rings. The number of rotatable bonds is 4. The normalized spacial score (nSPS) is 21.6. The summed E-state index contributed by atoms with van der Waals surface area (Å²) in [5.74, 6) is -0.444. The lowest BCUT2D eigenvalue weighted by atomic mass is 10.2. The van der Waals surface area contributed by atoms with E-state index in [1.807, 2.05) is 30.3 Å². The van der Waals surface area contributed by atoms with E-state index in [1.54, 1.807) is 20.8 Å². The first-order valence-corrected chi connectivity index (χ1v) is 7.63. The van der Waals surface area contributed by atoms with E-state index in [1.165, 1.54) is 0 Å². The highest BCUT2D eigenvalue weighted by Crippen LogP contribution is 2.23. The summed E-state index contributed by atoms with van der Waals surface area (Å²) in [6.07, 6.45) is -1.78. The molecule has 0 saturated carbocycles. The van der Waals surface area contributed by atoms with Crippen LogP contribution in [0.1, 0.15) is 32.8 Å². The van der Waals surface area contributed by atoms with Gasteiger partial charge in [0.05, 0.1) is 31.8 Å². The first kappa shape index (κ1) is 17.4. The molecule has 23 heavy (non-hydrogen) atoms. The van der Waals surface area contributed by atoms with Crippen LogP contribution in [0.4, 0.5) is 4.79 Å². The second kappa shape index (κ2) is 7.10. The number of aliphatic hydroxyl groups is 1. The van der Waals surface area contributed by atoms with Crippen LogP contribution in [0, 0.1) is 0 Å². The second-order valence-electron chi connectivity index (χ2n) is 6.58. The van der Waals surface area contributed by atoms with E-state index in [0.29, 0.717) is 6.61 Å². The predicted octanol–water partition coefficient (Wildman–Crippen LogP) is 2.10. The highest BCUT2D eigenvalue weighted by molar-refractivity contribution is 5.94. The molecular formula is C17H23NO5. The predicted molar refractivity (Wildman–Crippen MR) is 83.6 cm³/mol. The fourth-order valence-corrected chi connectivity index (χ4v) is 2.38. The molecule has 0 bridgehead atoms. The van der Waals surface area contributed by atoms with Crippen LogP contribution in [0.3, 0.4) is 0 Å². The Morgan fingerprint density at radius 1 is 1.30 bits per heavy atom. The topological polar surface area (TPSA) is 76.1 Å². The highest BCUT2D eigenvalue weighted by Gasteiger charge is 2.44. The van der Waals surface area contributed by atoms with Gasteiger partial charge in [0.2, 0.25) is 5.91 Å². The van der Waals surface area contributed by atoms with Gasteiger partial charge in [-0.05, 0) is 26.3 Å². The van der Waals surface area contributed by atoms with Crippen LogP contribution in [-0.2, 0) is 20.9 Å². The van der Waals surface area contributed by atoms with Gasteiger partial charge >= 0.3 is 6.09 Å². The van der Waals surface area contributed by atoms with E-state index in [-0.39, 0.29) is 13.0 Å². The van der Waals surface area contributed by atoms with Crippen LogP contribution in [-0.4, -0.2) is 46.4 Å². The number of carbonyl (C=O) groups excluding carboxylic acids is 2. The van der Waals surface area contributed by atoms with E-state index in [4.69, 9.17) is 9.47 Å². The van der Waals surface area contributed by atoms with E-state index < -0.39 is 29.7 Å². The van der Waals surface area contributed by atoms with Crippen molar-refractivity contribution in [2.45, 2.75) is 51.5 Å². The average Bonchev–Trinajstić information content (AvgIpc) is 2.72. The number of imide groups is 1. The summed E-state index contributed by atoms with van der Waals surface area (Å²) in [6.45, 7) is 5.59. The van der Waals surface area contributed by atoms with Gasteiger partial charge in [0.15, 0.2) is 0 Å². The van der Waals surface area contributed by atoms with Crippen LogP contribution in [0.5, 0.6) is 0 Å². The summed E-state index contributed by atoms with van der Waals surface area (Å²) < 4.78 is 10.8. The van der Waals surface area contributed by atoms with Crippen molar-refractivity contribution in [3.63, 3.8) is 0 Å². The second-order valence-corrected chi connectivity index (χ2v) is 6.58. The van der Waals surface area contributed by atoms with Gasteiger partial charge in [-0.25, -0.2) is 9.69 Å². The molecule has 1 aromatic rings. The SMILES string of the molecule is CC(C)(C)OC(=O)N1C(=O)C[C@H](O)[C@@H]1COCc1ccccc1. The zero-order chi connectivity index (χ0) is 17.0. The molecule has 0 radical (unpaired) electrons. The van der Waals surface area contributed by atoms with Gasteiger partial charge in [-0.3, -0.25) is 4.79 Å². The monoisotopic (exact) mass is 321 g/mol. The smallest absolute Gasteiger partial charge is 0.417 e. The maximum atomic E-state index is 12.2. The van der Waals surface area contributed by atoms with Crippen LogP contribution < -0.4 is 0 Å². The molecule has 1 saturated heterocycles. The molecule has 1 N–H and O–H groups in total. The molecule has 0 aromatic heterocycles. The summed E-state index contributed by atoms with van der Waals surface area (Å²) in [5, 5.41) is 10.0. The number of aliphatic hydroxyl groups excluding tert-OH is 1. The van der Waals surface area contributed by atoms with Gasteiger partial charge in [-0.2, -0.15) is 0 Å². The Bertz CT molecular complexity index is 552. The number of benzene rings is 1. The third-order valence-corrected chi connectivity index (χ3v) is 3.42. The van der Waals surface area contributed by atoms with E-state index in [2.05, 4.69) is 0 Å². The zero-order valence-corrected chi connectivity index (χ0v) is 13.7. The number of amides is 2. The average molecular weight is 321 g/mol. The van der Waals surface area contributed by atoms with Crippen LogP contribution in [0.15, 0.2) is 30.3 Å². The van der Waals surface area contributed by atoms with Gasteiger partial charge in [0, 0.05) is 0 Å². The number of ether oxygens (including phenoxy) is 2. The summed E-state index contributed by atoms with van der Waals surface area (Å²) in [5.41, 5.74) is 0.274. The largest absolute Gasteiger partial charge is 0.443 e. The molecule has 126 valence electrons. The van der Waals surface area contributed by atoms with Crippen LogP contribution in [0.2, 0.25) is 0 Å². The number of hydrogen-bond donors (Lipinski definition) is 1. The Hall–Kier alpha value is -1.92. The van der Waals surface area contributed by atoms with Gasteiger partial charge in [0.1, 0.15) is 5.60 Å². The van der Waals surface area contributed by atoms with Crippen molar-refractivity contribution in [3.05, 3.63) is 35.9 Å². The summed E-state index contributed by atoms with van der Waals surface area (Å²) in [4.78, 5) is 25.1. The molecule has 1 fully saturated rings. The molecule has 2 amide bonds. The van der Waals surface area contributed by atoms with Crippen molar-refractivity contribution in [3.8, 4) is 0 Å². The molecule has 0 unspecified atom stereocenters. The first-order chi connectivity index (χ1) is 10.8. The lowest BCUT2D eigenvalue weighted by Crippen LogP contribution is -2.46. The number of nitrogens with zero attached hydrogens (tertiary/aromatic N) is 1. The Kier molecular flexibility index (Phi) is 5.38. The molecule has 1 aliphatic heterocycles. The van der Waals surface area contributed by atoms with Crippen molar-refractivity contribution >= 4 is 12.0 Å². The molecule has 0 spiro atoms. The van der Waals surface area contributed by atoms with Crippen molar-refractivity contribution in [2.24, 2.45) is 0 Å². The van der Waals surface area contributed by atoms with Gasteiger partial charge < -0.3 is 14.6 Å². The van der Waals surface area contributed by atoms with Crippen molar-refractivity contribution in [2.75, 3.05) is 6.61 Å². The Labute approximate surface area is 136 Å². The van der Waals surface area contributed by atoms with E-state index >= 15 is 0 Å². The minimum Gasteiger partial charge on any atom is -0.443 e. The van der Waals surface area contributed by atoms with E-state index in [0.717, 1.165) is 10.5 Å². The molecule has 2 atom stereocenters. The minimum absolute atomic E-state index is 0.0705. The lowest BCUT2D eigenvalue weighted by molar-refractivity contribution is -0.128. The summed E-state index contributed by atoms with van der Waals surface area (Å²) in [7, 11) is 0. The maximum Gasteiger partial charge on any atom is 0.417 e. The van der Waals surface area contributed by atoms with Crippen molar-refractivity contribution in [1.29, 1.82) is 0 Å². The van der Waals surface area contributed by atoms with Gasteiger partial charge in [-0.1, -0.05) is 30.3 Å². The van der Waals surface area contributed by atoms with Crippen molar-refractivity contribution < 1.29 is 24.2 Å². The molecule has 1 heterocycles.